The molecule has 0 fully saturated rings. The zero-order chi connectivity index (χ0) is 13.5. The summed E-state index contributed by atoms with van der Waals surface area (Å²) in [6.45, 7) is 7.33. The first-order valence-electron chi connectivity index (χ1n) is 6.36. The van der Waals surface area contributed by atoms with E-state index in [9.17, 15) is 9.32 Å². The molecule has 0 aliphatic rings. The standard InChI is InChI=1S/C14H23NO2S/c1-12(2)15(11-13(3)16)9-10-18(17)14-7-5-4-6-8-14/h4-8,12-13,16H,9-11H2,1-3H3. The van der Waals surface area contributed by atoms with E-state index >= 15 is 0 Å². The normalized spacial score (nSPS) is 15.0. The fourth-order valence-electron chi connectivity index (χ4n) is 1.79. The average molecular weight is 269 g/mol. The largest absolute Gasteiger partial charge is 0.392 e. The van der Waals surface area contributed by atoms with E-state index in [1.807, 2.05) is 30.3 Å². The molecule has 0 radical (unpaired) electrons. The van der Waals surface area contributed by atoms with Crippen LogP contribution in [0.15, 0.2) is 35.2 Å². The Morgan fingerprint density at radius 2 is 1.83 bits per heavy atom. The van der Waals surface area contributed by atoms with E-state index in [0.717, 1.165) is 11.4 Å². The molecule has 3 nitrogen and oxygen atoms in total. The predicted octanol–water partition coefficient (Wildman–Crippen LogP) is 1.89. The van der Waals surface area contributed by atoms with Crippen LogP contribution in [0.2, 0.25) is 0 Å². The molecule has 1 aromatic carbocycles. The molecule has 1 rings (SSSR count). The Hall–Kier alpha value is -0.710. The molecule has 0 heterocycles. The van der Waals surface area contributed by atoms with Crippen molar-refractivity contribution in [3.8, 4) is 0 Å². The minimum absolute atomic E-state index is 0.349. The maximum Gasteiger partial charge on any atom is 0.0639 e. The first kappa shape index (κ1) is 15.3. The van der Waals surface area contributed by atoms with Crippen LogP contribution in [-0.2, 0) is 10.8 Å². The molecule has 0 amide bonds. The highest BCUT2D eigenvalue weighted by molar-refractivity contribution is 7.85. The minimum Gasteiger partial charge on any atom is -0.392 e. The highest BCUT2D eigenvalue weighted by Crippen LogP contribution is 2.07. The molecule has 4 heteroatoms. The second kappa shape index (κ2) is 7.67. The van der Waals surface area contributed by atoms with E-state index in [1.54, 1.807) is 6.92 Å². The second-order valence-corrected chi connectivity index (χ2v) is 6.37. The fraction of sp³-hybridized carbons (Fsp3) is 0.571. The van der Waals surface area contributed by atoms with Crippen molar-refractivity contribution in [3.05, 3.63) is 30.3 Å². The first-order chi connectivity index (χ1) is 8.50. The van der Waals surface area contributed by atoms with Crippen molar-refractivity contribution in [1.82, 2.24) is 4.90 Å². The van der Waals surface area contributed by atoms with Crippen molar-refractivity contribution in [2.75, 3.05) is 18.8 Å². The monoisotopic (exact) mass is 269 g/mol. The molecule has 2 unspecified atom stereocenters. The summed E-state index contributed by atoms with van der Waals surface area (Å²) in [5.41, 5.74) is 0. The Bertz CT molecular complexity index is 365. The zero-order valence-electron chi connectivity index (χ0n) is 11.4. The average Bonchev–Trinajstić information content (AvgIpc) is 2.34. The molecule has 0 saturated carbocycles. The van der Waals surface area contributed by atoms with Gasteiger partial charge in [0.2, 0.25) is 0 Å². The third-order valence-corrected chi connectivity index (χ3v) is 4.15. The summed E-state index contributed by atoms with van der Waals surface area (Å²) in [4.78, 5) is 3.03. The lowest BCUT2D eigenvalue weighted by atomic mass is 10.3. The van der Waals surface area contributed by atoms with Gasteiger partial charge in [-0.05, 0) is 32.9 Å². The van der Waals surface area contributed by atoms with Gasteiger partial charge in [0.05, 0.1) is 16.9 Å². The van der Waals surface area contributed by atoms with Gasteiger partial charge in [-0.1, -0.05) is 18.2 Å². The summed E-state index contributed by atoms with van der Waals surface area (Å²) in [5, 5.41) is 9.44. The van der Waals surface area contributed by atoms with E-state index in [1.165, 1.54) is 0 Å². The number of aliphatic hydroxyl groups excluding tert-OH is 1. The van der Waals surface area contributed by atoms with Crippen molar-refractivity contribution >= 4 is 10.8 Å². The SMILES string of the molecule is CC(O)CN(CCS(=O)c1ccccc1)C(C)C. The van der Waals surface area contributed by atoms with Gasteiger partial charge in [-0.2, -0.15) is 0 Å². The van der Waals surface area contributed by atoms with Crippen molar-refractivity contribution in [2.24, 2.45) is 0 Å². The van der Waals surface area contributed by atoms with E-state index in [2.05, 4.69) is 18.7 Å². The number of hydrogen-bond acceptors (Lipinski definition) is 3. The van der Waals surface area contributed by atoms with Gasteiger partial charge in [0, 0.05) is 29.8 Å². The Morgan fingerprint density at radius 3 is 2.33 bits per heavy atom. The summed E-state index contributed by atoms with van der Waals surface area (Å²) >= 11 is 0. The summed E-state index contributed by atoms with van der Waals surface area (Å²) in [5.74, 6) is 0.606. The number of aliphatic hydroxyl groups is 1. The maximum absolute atomic E-state index is 12.1. The van der Waals surface area contributed by atoms with Crippen LogP contribution < -0.4 is 0 Å². The van der Waals surface area contributed by atoms with E-state index in [4.69, 9.17) is 0 Å². The van der Waals surface area contributed by atoms with Gasteiger partial charge in [0.15, 0.2) is 0 Å². The van der Waals surface area contributed by atoms with Gasteiger partial charge in [0.1, 0.15) is 0 Å². The van der Waals surface area contributed by atoms with Crippen LogP contribution in [0, 0.1) is 0 Å². The molecule has 0 bridgehead atoms. The Kier molecular flexibility index (Phi) is 6.54. The number of nitrogens with zero attached hydrogens (tertiary/aromatic N) is 1. The van der Waals surface area contributed by atoms with Gasteiger partial charge in [-0.25, -0.2) is 0 Å². The van der Waals surface area contributed by atoms with Crippen LogP contribution in [0.5, 0.6) is 0 Å². The number of benzene rings is 1. The van der Waals surface area contributed by atoms with Crippen molar-refractivity contribution in [2.45, 2.75) is 37.8 Å². The molecule has 18 heavy (non-hydrogen) atoms. The second-order valence-electron chi connectivity index (χ2n) is 4.80. The van der Waals surface area contributed by atoms with Gasteiger partial charge in [-0.3, -0.25) is 9.11 Å². The summed E-state index contributed by atoms with van der Waals surface area (Å²) in [6.07, 6.45) is -0.349. The molecular weight excluding hydrogens is 246 g/mol. The lowest BCUT2D eigenvalue weighted by molar-refractivity contribution is 0.112. The molecule has 1 aromatic rings. The molecule has 1 N–H and O–H groups in total. The van der Waals surface area contributed by atoms with Gasteiger partial charge < -0.3 is 5.11 Å². The molecule has 0 aromatic heterocycles. The molecule has 0 aliphatic carbocycles. The van der Waals surface area contributed by atoms with E-state index < -0.39 is 10.8 Å². The van der Waals surface area contributed by atoms with Gasteiger partial charge in [0.25, 0.3) is 0 Å². The molecule has 0 saturated heterocycles. The van der Waals surface area contributed by atoms with Crippen LogP contribution >= 0.6 is 0 Å². The minimum atomic E-state index is -0.959. The summed E-state index contributed by atoms with van der Waals surface area (Å²) < 4.78 is 12.1. The van der Waals surface area contributed by atoms with Crippen LogP contribution in [0.1, 0.15) is 20.8 Å². The van der Waals surface area contributed by atoms with Crippen molar-refractivity contribution in [3.63, 3.8) is 0 Å². The lowest BCUT2D eigenvalue weighted by Gasteiger charge is -2.27. The first-order valence-corrected chi connectivity index (χ1v) is 7.68. The van der Waals surface area contributed by atoms with Gasteiger partial charge in [-0.15, -0.1) is 0 Å². The smallest absolute Gasteiger partial charge is 0.0639 e. The van der Waals surface area contributed by atoms with E-state index in [-0.39, 0.29) is 6.10 Å². The third-order valence-electron chi connectivity index (χ3n) is 2.80. The molecular formula is C14H23NO2S. The lowest BCUT2D eigenvalue weighted by Crippen LogP contribution is -2.39. The molecule has 2 atom stereocenters. The highest BCUT2D eigenvalue weighted by atomic mass is 32.2. The predicted molar refractivity (Wildman–Crippen MR) is 76.1 cm³/mol. The fourth-order valence-corrected chi connectivity index (χ4v) is 2.89. The van der Waals surface area contributed by atoms with Crippen LogP contribution in [0.3, 0.4) is 0 Å². The Morgan fingerprint density at radius 1 is 1.22 bits per heavy atom. The van der Waals surface area contributed by atoms with E-state index in [0.29, 0.717) is 18.3 Å². The quantitative estimate of drug-likeness (QED) is 0.822. The Labute approximate surface area is 112 Å². The topological polar surface area (TPSA) is 40.5 Å². The summed E-state index contributed by atoms with van der Waals surface area (Å²) in [6, 6.07) is 9.88. The molecule has 0 spiro atoms. The van der Waals surface area contributed by atoms with Crippen LogP contribution in [0.25, 0.3) is 0 Å². The molecule has 102 valence electrons. The van der Waals surface area contributed by atoms with Crippen LogP contribution in [0.4, 0.5) is 0 Å². The van der Waals surface area contributed by atoms with Crippen molar-refractivity contribution < 1.29 is 9.32 Å². The van der Waals surface area contributed by atoms with Crippen LogP contribution in [-0.4, -0.2) is 45.2 Å². The van der Waals surface area contributed by atoms with Gasteiger partial charge >= 0.3 is 0 Å². The number of rotatable bonds is 7. The highest BCUT2D eigenvalue weighted by Gasteiger charge is 2.13. The molecule has 0 aliphatic heterocycles. The maximum atomic E-state index is 12.1. The zero-order valence-corrected chi connectivity index (χ0v) is 12.2. The van der Waals surface area contributed by atoms with Crippen molar-refractivity contribution in [1.29, 1.82) is 0 Å². The Balaban J connectivity index is 2.50. The number of hydrogen-bond donors (Lipinski definition) is 1. The summed E-state index contributed by atoms with van der Waals surface area (Å²) in [7, 11) is -0.959. The third kappa shape index (κ3) is 5.29.